The number of aryl methyl sites for hydroxylation is 1. The number of quaternary nitrogens is 1. The molecule has 5 heteroatoms. The normalized spacial score (nSPS) is 28.3. The molecule has 4 heterocycles. The third-order valence-corrected chi connectivity index (χ3v) is 8.85. The highest BCUT2D eigenvalue weighted by Crippen LogP contribution is 2.38. The Kier molecular flexibility index (Phi) is 7.17. The van der Waals surface area contributed by atoms with Crippen molar-refractivity contribution in [1.29, 1.82) is 0 Å². The zero-order valence-corrected chi connectivity index (χ0v) is 21.5. The molecule has 0 amide bonds. The van der Waals surface area contributed by atoms with Crippen molar-refractivity contribution >= 4 is 5.97 Å². The van der Waals surface area contributed by atoms with Crippen molar-refractivity contribution in [2.75, 3.05) is 45.9 Å². The molecule has 5 nitrogen and oxygen atoms in total. The summed E-state index contributed by atoms with van der Waals surface area (Å²) in [5.74, 6) is 1.36. The van der Waals surface area contributed by atoms with Crippen molar-refractivity contribution in [1.82, 2.24) is 4.90 Å². The highest BCUT2D eigenvalue weighted by molar-refractivity contribution is 5.82. The van der Waals surface area contributed by atoms with Gasteiger partial charge in [0.25, 0.3) is 0 Å². The highest BCUT2D eigenvalue weighted by atomic mass is 16.5. The summed E-state index contributed by atoms with van der Waals surface area (Å²) in [4.78, 5) is 16.3. The number of likely N-dealkylation sites (tertiary alicyclic amines) is 1. The molecule has 2 bridgehead atoms. The third kappa shape index (κ3) is 5.12. The number of hydrogen-bond donors (Lipinski definition) is 0. The second-order valence-corrected chi connectivity index (χ2v) is 11.1. The maximum atomic E-state index is 13.9. The summed E-state index contributed by atoms with van der Waals surface area (Å²) in [6.45, 7) is 11.0. The van der Waals surface area contributed by atoms with Crippen LogP contribution in [0.25, 0.3) is 0 Å². The molecule has 4 fully saturated rings. The number of ether oxygens (including phenoxy) is 2. The van der Waals surface area contributed by atoms with Crippen molar-refractivity contribution in [3.63, 3.8) is 0 Å². The van der Waals surface area contributed by atoms with Gasteiger partial charge >= 0.3 is 5.97 Å². The molecule has 0 spiro atoms. The zero-order valence-electron chi connectivity index (χ0n) is 21.5. The van der Waals surface area contributed by atoms with E-state index >= 15 is 0 Å². The van der Waals surface area contributed by atoms with Crippen LogP contribution in [-0.2, 0) is 15.1 Å². The lowest BCUT2D eigenvalue weighted by molar-refractivity contribution is -0.946. The molecule has 35 heavy (non-hydrogen) atoms. The van der Waals surface area contributed by atoms with Gasteiger partial charge in [0.2, 0.25) is 0 Å². The fourth-order valence-electron chi connectivity index (χ4n) is 6.52. The average Bonchev–Trinajstić information content (AvgIpc) is 2.90. The highest BCUT2D eigenvalue weighted by Gasteiger charge is 2.50. The van der Waals surface area contributed by atoms with Crippen molar-refractivity contribution < 1.29 is 18.8 Å². The molecule has 6 rings (SSSR count). The van der Waals surface area contributed by atoms with E-state index in [9.17, 15) is 4.79 Å². The molecule has 2 atom stereocenters. The van der Waals surface area contributed by atoms with Gasteiger partial charge in [0, 0.05) is 18.8 Å². The van der Waals surface area contributed by atoms with Crippen molar-refractivity contribution in [2.45, 2.75) is 57.6 Å². The lowest BCUT2D eigenvalue weighted by atomic mass is 9.82. The summed E-state index contributed by atoms with van der Waals surface area (Å²) in [6, 6.07) is 18.5. The van der Waals surface area contributed by atoms with E-state index in [2.05, 4.69) is 43.0 Å². The maximum Gasteiger partial charge on any atom is 0.331 e. The first-order valence-electron chi connectivity index (χ1n) is 13.5. The van der Waals surface area contributed by atoms with Crippen LogP contribution in [0.15, 0.2) is 54.6 Å². The molecule has 0 saturated carbocycles. The van der Waals surface area contributed by atoms with Crippen molar-refractivity contribution in [3.05, 3.63) is 65.7 Å². The molecule has 4 saturated heterocycles. The fourth-order valence-corrected chi connectivity index (χ4v) is 6.52. The Morgan fingerprint density at radius 3 is 2.49 bits per heavy atom. The van der Waals surface area contributed by atoms with E-state index in [0.717, 1.165) is 80.7 Å². The number of carbonyl (C=O) groups excluding carboxylic acids is 1. The Bertz CT molecular complexity index is 996. The number of piperidine rings is 4. The van der Waals surface area contributed by atoms with Crippen molar-refractivity contribution in [2.24, 2.45) is 5.92 Å². The van der Waals surface area contributed by atoms with Gasteiger partial charge in [0.15, 0.2) is 6.10 Å². The van der Waals surface area contributed by atoms with Gasteiger partial charge in [-0.05, 0) is 63.0 Å². The lowest BCUT2D eigenvalue weighted by Gasteiger charge is -2.52. The topological polar surface area (TPSA) is 38.8 Å². The molecule has 4 aliphatic heterocycles. The second kappa shape index (κ2) is 10.3. The molecule has 0 N–H and O–H groups in total. The minimum absolute atomic E-state index is 0.00297. The van der Waals surface area contributed by atoms with E-state index in [1.54, 1.807) is 0 Å². The largest absolute Gasteiger partial charge is 0.488 e. The number of carbonyl (C=O) groups is 1. The Hall–Kier alpha value is -2.37. The Morgan fingerprint density at radius 2 is 1.77 bits per heavy atom. The van der Waals surface area contributed by atoms with E-state index in [0.29, 0.717) is 12.5 Å². The molecule has 2 aromatic rings. The van der Waals surface area contributed by atoms with Gasteiger partial charge in [-0.1, -0.05) is 48.9 Å². The van der Waals surface area contributed by atoms with E-state index in [1.807, 2.05) is 30.3 Å². The van der Waals surface area contributed by atoms with E-state index in [1.165, 1.54) is 12.0 Å². The van der Waals surface area contributed by atoms with Crippen LogP contribution in [0.4, 0.5) is 0 Å². The minimum Gasteiger partial charge on any atom is -0.488 e. The van der Waals surface area contributed by atoms with Gasteiger partial charge in [0.05, 0.1) is 13.1 Å². The fraction of sp³-hybridized carbons (Fsp3) is 0.567. The molecular weight excluding hydrogens is 436 g/mol. The lowest BCUT2D eigenvalue weighted by Crippen LogP contribution is -2.66. The number of hydrogen-bond acceptors (Lipinski definition) is 4. The molecule has 0 radical (unpaired) electrons. The monoisotopic (exact) mass is 477 g/mol. The molecule has 2 aromatic carbocycles. The van der Waals surface area contributed by atoms with Gasteiger partial charge in [0.1, 0.15) is 31.0 Å². The standard InChI is InChI=1S/C30H41N2O3/c1-24-10-9-13-27(22-24)34-21-20-32-18-14-25(15-19-32)28(23-32)35-29(33)30(2,26-11-5-3-6-12-26)31-16-7-4-8-17-31/h3,5-6,9-13,22,25,28H,4,7-8,14-21,23H2,1-2H3/q+1/t25?,28-,30+,32?/m1/s1. The molecular formula is C30H41N2O3+. The number of rotatable bonds is 8. The first-order valence-corrected chi connectivity index (χ1v) is 13.5. The predicted octanol–water partition coefficient (Wildman–Crippen LogP) is 4.93. The summed E-state index contributed by atoms with van der Waals surface area (Å²) in [5, 5.41) is 0. The van der Waals surface area contributed by atoms with Crippen LogP contribution in [0.3, 0.4) is 0 Å². The van der Waals surface area contributed by atoms with Crippen LogP contribution in [0.1, 0.15) is 50.2 Å². The van der Waals surface area contributed by atoms with Crippen LogP contribution in [0.5, 0.6) is 5.75 Å². The first kappa shape index (κ1) is 24.3. The Morgan fingerprint density at radius 1 is 1.03 bits per heavy atom. The van der Waals surface area contributed by atoms with E-state index in [-0.39, 0.29) is 12.1 Å². The summed E-state index contributed by atoms with van der Waals surface area (Å²) in [7, 11) is 0. The molecule has 0 unspecified atom stereocenters. The summed E-state index contributed by atoms with van der Waals surface area (Å²) < 4.78 is 13.6. The summed E-state index contributed by atoms with van der Waals surface area (Å²) >= 11 is 0. The van der Waals surface area contributed by atoms with Crippen LogP contribution in [0.2, 0.25) is 0 Å². The minimum atomic E-state index is -0.729. The van der Waals surface area contributed by atoms with Crippen LogP contribution in [0, 0.1) is 12.8 Å². The third-order valence-electron chi connectivity index (χ3n) is 8.85. The van der Waals surface area contributed by atoms with Gasteiger partial charge in [-0.2, -0.15) is 0 Å². The van der Waals surface area contributed by atoms with Gasteiger partial charge in [-0.15, -0.1) is 0 Å². The van der Waals surface area contributed by atoms with Crippen LogP contribution >= 0.6 is 0 Å². The Labute approximate surface area is 210 Å². The van der Waals surface area contributed by atoms with E-state index in [4.69, 9.17) is 9.47 Å². The van der Waals surface area contributed by atoms with Gasteiger partial charge in [-0.25, -0.2) is 4.79 Å². The second-order valence-electron chi connectivity index (χ2n) is 11.1. The quantitative estimate of drug-likeness (QED) is 0.399. The van der Waals surface area contributed by atoms with Crippen molar-refractivity contribution in [3.8, 4) is 5.75 Å². The average molecular weight is 478 g/mol. The van der Waals surface area contributed by atoms with E-state index < -0.39 is 5.54 Å². The van der Waals surface area contributed by atoms with Gasteiger partial charge in [-0.3, -0.25) is 4.90 Å². The molecule has 0 aromatic heterocycles. The Balaban J connectivity index is 1.27. The SMILES string of the molecule is Cc1cccc(OCC[N+]23CCC(CC2)[C@H](OC(=O)[C@](C)(c2ccccc2)N2CCCCC2)C3)c1. The van der Waals surface area contributed by atoms with Gasteiger partial charge < -0.3 is 14.0 Å². The number of benzene rings is 2. The summed E-state index contributed by atoms with van der Waals surface area (Å²) in [6.07, 6.45) is 5.79. The maximum absolute atomic E-state index is 13.9. The first-order chi connectivity index (χ1) is 17.0. The predicted molar refractivity (Wildman–Crippen MR) is 138 cm³/mol. The molecule has 4 aliphatic rings. The molecule has 188 valence electrons. The van der Waals surface area contributed by atoms with Crippen LogP contribution < -0.4 is 4.74 Å². The number of nitrogens with zero attached hydrogens (tertiary/aromatic N) is 2. The number of esters is 1. The smallest absolute Gasteiger partial charge is 0.331 e. The summed E-state index contributed by atoms with van der Waals surface area (Å²) in [5.41, 5.74) is 1.53. The molecule has 0 aliphatic carbocycles. The van der Waals surface area contributed by atoms with Crippen LogP contribution in [-0.4, -0.2) is 67.3 Å². The zero-order chi connectivity index (χ0) is 24.3. The number of fused-ring (bicyclic) bond motifs is 3.